The summed E-state index contributed by atoms with van der Waals surface area (Å²) in [6.07, 6.45) is -0.940. The maximum absolute atomic E-state index is 14.1. The first-order chi connectivity index (χ1) is 20.3. The molecular weight excluding hydrogens is 558 g/mol. The van der Waals surface area contributed by atoms with Crippen LogP contribution in [0.15, 0.2) is 11.6 Å². The van der Waals surface area contributed by atoms with Crippen LogP contribution in [0.5, 0.6) is 5.75 Å². The molecule has 0 spiro atoms. The van der Waals surface area contributed by atoms with Gasteiger partial charge in [-0.3, -0.25) is 19.2 Å². The van der Waals surface area contributed by atoms with Gasteiger partial charge in [-0.25, -0.2) is 0 Å². The molecule has 0 radical (unpaired) electrons. The van der Waals surface area contributed by atoms with Crippen molar-refractivity contribution in [1.29, 1.82) is 0 Å². The molecule has 3 aliphatic carbocycles. The second-order valence-electron chi connectivity index (χ2n) is 11.9. The number of amides is 2. The summed E-state index contributed by atoms with van der Waals surface area (Å²) in [6.45, 7) is 3.50. The van der Waals surface area contributed by atoms with Crippen molar-refractivity contribution >= 4 is 29.1 Å². The molecule has 43 heavy (non-hydrogen) atoms. The Hall–Kier alpha value is -3.76. The normalized spacial score (nSPS) is 30.3. The van der Waals surface area contributed by atoms with Gasteiger partial charge in [0.25, 0.3) is 0 Å². The second kappa shape index (κ2) is 11.4. The number of rotatable bonds is 5. The van der Waals surface area contributed by atoms with E-state index in [2.05, 4.69) is 11.8 Å². The fourth-order valence-electron chi connectivity index (χ4n) is 7.41. The van der Waals surface area contributed by atoms with E-state index in [1.54, 1.807) is 36.9 Å². The minimum Gasteiger partial charge on any atom is -0.507 e. The van der Waals surface area contributed by atoms with Gasteiger partial charge in [-0.05, 0) is 63.4 Å². The molecular formula is C31H37N3O9. The van der Waals surface area contributed by atoms with Gasteiger partial charge in [0.15, 0.2) is 11.4 Å². The zero-order chi connectivity index (χ0) is 31.4. The van der Waals surface area contributed by atoms with E-state index in [-0.39, 0.29) is 54.0 Å². The number of phenols is 1. The van der Waals surface area contributed by atoms with E-state index >= 15 is 0 Å². The quantitative estimate of drug-likeness (QED) is 0.215. The number of hydrogen-bond acceptors (Lipinski definition) is 10. The number of hydrogen-bond donors (Lipinski definition) is 5. The molecule has 1 aromatic rings. The van der Waals surface area contributed by atoms with Gasteiger partial charge in [0.1, 0.15) is 17.4 Å². The number of benzene rings is 1. The number of ether oxygens (including phenoxy) is 1. The molecule has 6 atom stereocenters. The third-order valence-corrected chi connectivity index (χ3v) is 9.41. The molecule has 2 unspecified atom stereocenters. The number of nitrogens with zero attached hydrogens (tertiary/aromatic N) is 2. The van der Waals surface area contributed by atoms with E-state index in [9.17, 15) is 39.6 Å². The average molecular weight is 596 g/mol. The number of Topliss-reactive ketones (excluding diaryl/α,β-unsaturated/α-hetero) is 2. The van der Waals surface area contributed by atoms with E-state index in [0.29, 0.717) is 37.4 Å². The number of aliphatic hydroxyl groups is 3. The van der Waals surface area contributed by atoms with Crippen molar-refractivity contribution < 1.29 is 44.3 Å². The van der Waals surface area contributed by atoms with Crippen molar-refractivity contribution in [2.75, 3.05) is 40.4 Å². The highest BCUT2D eigenvalue weighted by atomic mass is 16.5. The smallest absolute Gasteiger partial charge is 0.230 e. The summed E-state index contributed by atoms with van der Waals surface area (Å²) in [4.78, 5) is 56.0. The molecule has 230 valence electrons. The first-order valence-electron chi connectivity index (χ1n) is 14.4. The third kappa shape index (κ3) is 4.80. The Morgan fingerprint density at radius 2 is 1.88 bits per heavy atom. The van der Waals surface area contributed by atoms with Crippen LogP contribution in [0.4, 0.5) is 0 Å². The lowest BCUT2D eigenvalue weighted by Crippen LogP contribution is -2.73. The second-order valence-corrected chi connectivity index (χ2v) is 11.9. The SMILES string of the molecule is CC#Cc1cc(CCC(=O)N2CCOCC2)c2c(c1O)C(O)=C1C(=O)[C@@]3(O)C(=O)C(C(N)=O)C(O)[C@H](N(C)C)[C@H]3C[C@H]1C2. The third-order valence-electron chi connectivity index (χ3n) is 9.41. The van der Waals surface area contributed by atoms with Gasteiger partial charge in [-0.15, -0.1) is 5.92 Å². The van der Waals surface area contributed by atoms with Gasteiger partial charge in [0.05, 0.1) is 30.4 Å². The molecule has 12 heteroatoms. The molecule has 0 aromatic heterocycles. The topological polar surface area (TPSA) is 191 Å². The van der Waals surface area contributed by atoms with Crippen LogP contribution in [0.3, 0.4) is 0 Å². The van der Waals surface area contributed by atoms with Crippen molar-refractivity contribution in [1.82, 2.24) is 9.80 Å². The zero-order valence-corrected chi connectivity index (χ0v) is 24.4. The van der Waals surface area contributed by atoms with E-state index in [0.717, 1.165) is 0 Å². The van der Waals surface area contributed by atoms with Gasteiger partial charge in [0, 0.05) is 37.0 Å². The summed E-state index contributed by atoms with van der Waals surface area (Å²) in [7, 11) is 3.20. The Morgan fingerprint density at radius 1 is 1.21 bits per heavy atom. The van der Waals surface area contributed by atoms with Crippen LogP contribution in [0.25, 0.3) is 5.76 Å². The van der Waals surface area contributed by atoms with E-state index in [1.165, 1.54) is 0 Å². The number of morpholine rings is 1. The van der Waals surface area contributed by atoms with E-state index < -0.39 is 58.7 Å². The highest BCUT2D eigenvalue weighted by Gasteiger charge is 2.67. The molecule has 4 aliphatic rings. The van der Waals surface area contributed by atoms with Gasteiger partial charge >= 0.3 is 0 Å². The highest BCUT2D eigenvalue weighted by molar-refractivity contribution is 6.25. The van der Waals surface area contributed by atoms with Gasteiger partial charge in [0.2, 0.25) is 17.6 Å². The summed E-state index contributed by atoms with van der Waals surface area (Å²) in [5.74, 6) is -2.57. The molecule has 0 bridgehead atoms. The molecule has 1 aliphatic heterocycles. The Labute approximate surface area is 249 Å². The lowest BCUT2D eigenvalue weighted by atomic mass is 9.54. The lowest BCUT2D eigenvalue weighted by molar-refractivity contribution is -0.184. The van der Waals surface area contributed by atoms with Crippen LogP contribution < -0.4 is 5.73 Å². The lowest BCUT2D eigenvalue weighted by Gasteiger charge is -2.53. The summed E-state index contributed by atoms with van der Waals surface area (Å²) in [5, 5.41) is 45.6. The Morgan fingerprint density at radius 3 is 2.49 bits per heavy atom. The maximum atomic E-state index is 14.1. The number of nitrogens with two attached hydrogens (primary N) is 1. The number of fused-ring (bicyclic) bond motifs is 3. The number of aryl methyl sites for hydroxylation is 1. The average Bonchev–Trinajstić information content (AvgIpc) is 2.95. The number of ketones is 2. The minimum absolute atomic E-state index is 0.0155. The molecule has 1 heterocycles. The first-order valence-corrected chi connectivity index (χ1v) is 14.4. The molecule has 1 aromatic carbocycles. The molecule has 2 saturated carbocycles. The van der Waals surface area contributed by atoms with Gasteiger partial charge < -0.3 is 40.7 Å². The van der Waals surface area contributed by atoms with Gasteiger partial charge in [-0.2, -0.15) is 0 Å². The largest absolute Gasteiger partial charge is 0.507 e. The number of aliphatic hydroxyl groups excluding tert-OH is 2. The number of primary amides is 1. The number of carbonyl (C=O) groups excluding carboxylic acids is 4. The molecule has 6 N–H and O–H groups in total. The summed E-state index contributed by atoms with van der Waals surface area (Å²) < 4.78 is 5.33. The van der Waals surface area contributed by atoms with Crippen LogP contribution >= 0.6 is 0 Å². The van der Waals surface area contributed by atoms with Crippen LogP contribution in [0.2, 0.25) is 0 Å². The Kier molecular flexibility index (Phi) is 8.13. The number of carbonyl (C=O) groups is 4. The van der Waals surface area contributed by atoms with Crippen molar-refractivity contribution in [3.05, 3.63) is 33.9 Å². The van der Waals surface area contributed by atoms with E-state index in [1.807, 2.05) is 0 Å². The first kappa shape index (κ1) is 30.7. The van der Waals surface area contributed by atoms with Crippen LogP contribution in [0.1, 0.15) is 42.0 Å². The van der Waals surface area contributed by atoms with Crippen LogP contribution in [0, 0.1) is 29.6 Å². The van der Waals surface area contributed by atoms with Crippen molar-refractivity contribution in [2.24, 2.45) is 23.5 Å². The van der Waals surface area contributed by atoms with Crippen molar-refractivity contribution in [2.45, 2.75) is 50.4 Å². The maximum Gasteiger partial charge on any atom is 0.230 e. The molecule has 12 nitrogen and oxygen atoms in total. The highest BCUT2D eigenvalue weighted by Crippen LogP contribution is 2.53. The van der Waals surface area contributed by atoms with E-state index in [4.69, 9.17) is 10.5 Å². The standard InChI is InChI=1S/C31H37N3O9/c1-4-5-16-12-15(6-7-20(35)34-8-10-43-11-9-34)18-13-17-14-19-24(33(2)3)27(38)23(30(32)41)29(40)31(19,42)28(39)21(17)26(37)22(18)25(16)36/h12,17,19,23-24,27,36-38,42H,6-11,13-14H2,1-3H3,(H2,32,41)/t17-,19-,23?,24-,27?,31-/m1/s1. The number of phenolic OH excluding ortho intramolecular Hbond substituents is 1. The number of aromatic hydroxyl groups is 1. The predicted octanol–water partition coefficient (Wildman–Crippen LogP) is -0.708. The monoisotopic (exact) mass is 595 g/mol. The molecule has 3 fully saturated rings. The minimum atomic E-state index is -2.73. The summed E-state index contributed by atoms with van der Waals surface area (Å²) in [6, 6.07) is 0.709. The zero-order valence-electron chi connectivity index (χ0n) is 24.4. The van der Waals surface area contributed by atoms with Crippen LogP contribution in [-0.4, -0.2) is 112 Å². The summed E-state index contributed by atoms with van der Waals surface area (Å²) in [5.41, 5.74) is 3.85. The van der Waals surface area contributed by atoms with Gasteiger partial charge in [-0.1, -0.05) is 5.92 Å². The van der Waals surface area contributed by atoms with Crippen molar-refractivity contribution in [3.63, 3.8) is 0 Å². The fourth-order valence-corrected chi connectivity index (χ4v) is 7.41. The predicted molar refractivity (Wildman–Crippen MR) is 152 cm³/mol. The Balaban J connectivity index is 1.61. The fraction of sp³-hybridized carbons (Fsp3) is 0.548. The molecule has 1 saturated heterocycles. The molecule has 2 amide bonds. The van der Waals surface area contributed by atoms with Crippen molar-refractivity contribution in [3.8, 4) is 17.6 Å². The summed E-state index contributed by atoms with van der Waals surface area (Å²) >= 11 is 0. The Bertz CT molecular complexity index is 1480. The van der Waals surface area contributed by atoms with Crippen LogP contribution in [-0.2, 0) is 36.8 Å². The number of likely N-dealkylation sites (N-methyl/N-ethyl adjacent to an activating group) is 1. The molecule has 5 rings (SSSR count).